The van der Waals surface area contributed by atoms with E-state index in [1.165, 1.54) is 76.8 Å². The Morgan fingerprint density at radius 1 is 0.323 bits per heavy atom. The van der Waals surface area contributed by atoms with Gasteiger partial charge in [-0.15, -0.1) is 0 Å². The Balaban J connectivity index is 1.04. The highest BCUT2D eigenvalue weighted by Crippen LogP contribution is 2.55. The lowest BCUT2D eigenvalue weighted by molar-refractivity contribution is 0.714. The van der Waals surface area contributed by atoms with Crippen LogP contribution < -0.4 is 0 Å². The molecule has 1 aliphatic carbocycles. The van der Waals surface area contributed by atoms with Crippen LogP contribution in [0.1, 0.15) is 23.6 Å². The lowest BCUT2D eigenvalue weighted by Gasteiger charge is -2.28. The van der Waals surface area contributed by atoms with Gasteiger partial charge in [-0.3, -0.25) is 0 Å². The van der Waals surface area contributed by atoms with Crippen LogP contribution in [-0.2, 0) is 5.41 Å². The number of aromatic nitrogens is 2. The largest absolute Gasteiger partial charge is 0.228 e. The summed E-state index contributed by atoms with van der Waals surface area (Å²) >= 11 is 0. The average molecular weight is 789 g/mol. The third-order valence-electron chi connectivity index (χ3n) is 13.2. The number of hydrogen-bond donors (Lipinski definition) is 0. The molecule has 0 bridgehead atoms. The summed E-state index contributed by atoms with van der Waals surface area (Å²) in [6.07, 6.45) is 0. The molecular weight excluding hydrogens is 749 g/mol. The Bertz CT molecular complexity index is 3500. The van der Waals surface area contributed by atoms with E-state index in [1.54, 1.807) is 0 Å². The predicted molar refractivity (Wildman–Crippen MR) is 259 cm³/mol. The standard InChI is InChI=1S/C60H40N2/c1-60(46-19-6-3-7-20-46)53-25-13-12-23-50(53)58-51(24-14-26-54(58)60)56-38-55(61-59(62-56)44-33-27-40(28-34-44)39-15-4-2-5-16-39)42-29-31-43(32-30-42)57-48-22-11-9-18-45(48)37-52-47-21-10-8-17-41(47)35-36-49(52)57/h2-38H,1H3. The molecule has 62 heavy (non-hydrogen) atoms. The summed E-state index contributed by atoms with van der Waals surface area (Å²) in [4.78, 5) is 10.8. The number of fused-ring (bicyclic) bond motifs is 7. The van der Waals surface area contributed by atoms with Gasteiger partial charge in [-0.1, -0.05) is 212 Å². The van der Waals surface area contributed by atoms with Gasteiger partial charge in [0.05, 0.1) is 11.4 Å². The fourth-order valence-electron chi connectivity index (χ4n) is 10.1. The third kappa shape index (κ3) is 5.72. The molecule has 2 heteroatoms. The fraction of sp³-hybridized carbons (Fsp3) is 0.0333. The maximum absolute atomic E-state index is 5.42. The van der Waals surface area contributed by atoms with E-state index in [0.717, 1.165) is 33.6 Å². The first-order valence-electron chi connectivity index (χ1n) is 21.4. The molecular formula is C60H40N2. The highest BCUT2D eigenvalue weighted by molar-refractivity contribution is 6.20. The molecule has 0 aliphatic heterocycles. The second kappa shape index (κ2) is 14.4. The van der Waals surface area contributed by atoms with Gasteiger partial charge in [-0.25, -0.2) is 9.97 Å². The minimum Gasteiger partial charge on any atom is -0.228 e. The van der Waals surface area contributed by atoms with Crippen molar-refractivity contribution in [2.75, 3.05) is 0 Å². The van der Waals surface area contributed by atoms with E-state index in [9.17, 15) is 0 Å². The monoisotopic (exact) mass is 788 g/mol. The predicted octanol–water partition coefficient (Wildman–Crippen LogP) is 15.6. The topological polar surface area (TPSA) is 25.8 Å². The van der Waals surface area contributed by atoms with Crippen LogP contribution in [-0.4, -0.2) is 9.97 Å². The molecule has 0 spiro atoms. The zero-order chi connectivity index (χ0) is 41.2. The molecule has 1 aromatic heterocycles. The molecule has 0 saturated heterocycles. The van der Waals surface area contributed by atoms with Gasteiger partial charge in [0.1, 0.15) is 0 Å². The van der Waals surface area contributed by atoms with E-state index >= 15 is 0 Å². The highest BCUT2D eigenvalue weighted by atomic mass is 14.9. The Morgan fingerprint density at radius 3 is 1.71 bits per heavy atom. The molecule has 0 radical (unpaired) electrons. The van der Waals surface area contributed by atoms with E-state index in [0.29, 0.717) is 5.82 Å². The normalized spacial score (nSPS) is 14.3. The molecule has 0 amide bonds. The number of hydrogen-bond acceptors (Lipinski definition) is 2. The number of rotatable bonds is 6. The molecule has 10 aromatic carbocycles. The van der Waals surface area contributed by atoms with Crippen molar-refractivity contribution in [3.63, 3.8) is 0 Å². The molecule has 290 valence electrons. The van der Waals surface area contributed by atoms with Crippen LogP contribution in [0, 0.1) is 0 Å². The third-order valence-corrected chi connectivity index (χ3v) is 13.2. The van der Waals surface area contributed by atoms with Crippen LogP contribution in [0.3, 0.4) is 0 Å². The number of benzene rings is 10. The first-order chi connectivity index (χ1) is 30.6. The Hall–Kier alpha value is -7.94. The van der Waals surface area contributed by atoms with Crippen molar-refractivity contribution in [1.29, 1.82) is 0 Å². The number of nitrogens with zero attached hydrogens (tertiary/aromatic N) is 2. The molecule has 0 N–H and O–H groups in total. The molecule has 1 aliphatic rings. The maximum atomic E-state index is 5.42. The van der Waals surface area contributed by atoms with Crippen molar-refractivity contribution in [3.05, 3.63) is 241 Å². The van der Waals surface area contributed by atoms with Crippen LogP contribution in [0.4, 0.5) is 0 Å². The second-order valence-electron chi connectivity index (χ2n) is 16.6. The van der Waals surface area contributed by atoms with Crippen LogP contribution >= 0.6 is 0 Å². The highest BCUT2D eigenvalue weighted by Gasteiger charge is 2.41. The van der Waals surface area contributed by atoms with Crippen molar-refractivity contribution in [2.45, 2.75) is 12.3 Å². The van der Waals surface area contributed by atoms with E-state index in [-0.39, 0.29) is 5.41 Å². The summed E-state index contributed by atoms with van der Waals surface area (Å²) in [6.45, 7) is 2.37. The molecule has 1 unspecified atom stereocenters. The Kier molecular flexibility index (Phi) is 8.33. The van der Waals surface area contributed by atoms with Crippen molar-refractivity contribution < 1.29 is 0 Å². The lowest BCUT2D eigenvalue weighted by Crippen LogP contribution is -2.22. The van der Waals surface area contributed by atoms with Crippen molar-refractivity contribution in [1.82, 2.24) is 9.97 Å². The van der Waals surface area contributed by atoms with E-state index in [2.05, 4.69) is 231 Å². The van der Waals surface area contributed by atoms with Crippen molar-refractivity contribution in [2.24, 2.45) is 0 Å². The van der Waals surface area contributed by atoms with E-state index in [4.69, 9.17) is 9.97 Å². The summed E-state index contributed by atoms with van der Waals surface area (Å²) in [5, 5.41) is 7.52. The Labute approximate surface area is 361 Å². The van der Waals surface area contributed by atoms with Crippen LogP contribution in [0.5, 0.6) is 0 Å². The van der Waals surface area contributed by atoms with Gasteiger partial charge in [0.2, 0.25) is 0 Å². The Morgan fingerprint density at radius 2 is 0.903 bits per heavy atom. The van der Waals surface area contributed by atoms with Gasteiger partial charge >= 0.3 is 0 Å². The van der Waals surface area contributed by atoms with E-state index in [1.807, 2.05) is 0 Å². The summed E-state index contributed by atoms with van der Waals surface area (Å²) in [5.41, 5.74) is 15.7. The van der Waals surface area contributed by atoms with Crippen molar-refractivity contribution in [3.8, 4) is 67.3 Å². The first kappa shape index (κ1) is 36.0. The van der Waals surface area contributed by atoms with Gasteiger partial charge in [0, 0.05) is 22.1 Å². The quantitative estimate of drug-likeness (QED) is 0.124. The van der Waals surface area contributed by atoms with Crippen LogP contribution in [0.2, 0.25) is 0 Å². The lowest BCUT2D eigenvalue weighted by atomic mass is 9.74. The van der Waals surface area contributed by atoms with Gasteiger partial charge in [-0.05, 0) is 101 Å². The van der Waals surface area contributed by atoms with Gasteiger partial charge in [0.15, 0.2) is 5.82 Å². The van der Waals surface area contributed by atoms with Crippen LogP contribution in [0.25, 0.3) is 99.6 Å². The minimum absolute atomic E-state index is 0.316. The molecule has 12 rings (SSSR count). The van der Waals surface area contributed by atoms with Gasteiger partial charge in [0.25, 0.3) is 0 Å². The molecule has 11 aromatic rings. The van der Waals surface area contributed by atoms with Gasteiger partial charge < -0.3 is 0 Å². The molecule has 0 fully saturated rings. The summed E-state index contributed by atoms with van der Waals surface area (Å²) in [5.74, 6) is 0.697. The molecule has 1 heterocycles. The molecule has 2 nitrogen and oxygen atoms in total. The maximum Gasteiger partial charge on any atom is 0.160 e. The summed E-state index contributed by atoms with van der Waals surface area (Å²) < 4.78 is 0. The molecule has 0 saturated carbocycles. The SMILES string of the molecule is CC1(c2ccccc2)c2ccccc2-c2c(-c3cc(-c4ccc(-c5c6ccccc6cc6c5ccc5ccccc56)cc4)nc(-c4ccc(-c5ccccc5)cc4)n3)cccc21. The zero-order valence-corrected chi connectivity index (χ0v) is 34.3. The minimum atomic E-state index is -0.316. The smallest absolute Gasteiger partial charge is 0.160 e. The zero-order valence-electron chi connectivity index (χ0n) is 34.3. The summed E-state index contributed by atoms with van der Waals surface area (Å²) in [7, 11) is 0. The fourth-order valence-corrected chi connectivity index (χ4v) is 10.1. The first-order valence-corrected chi connectivity index (χ1v) is 21.4. The van der Waals surface area contributed by atoms with Crippen LogP contribution in [0.15, 0.2) is 224 Å². The van der Waals surface area contributed by atoms with Gasteiger partial charge in [-0.2, -0.15) is 0 Å². The second-order valence-corrected chi connectivity index (χ2v) is 16.6. The van der Waals surface area contributed by atoms with E-state index < -0.39 is 0 Å². The average Bonchev–Trinajstić information content (AvgIpc) is 3.62. The summed E-state index contributed by atoms with van der Waals surface area (Å²) in [6, 6.07) is 81.2. The molecule has 1 atom stereocenters. The van der Waals surface area contributed by atoms with Crippen molar-refractivity contribution >= 4 is 32.3 Å².